The van der Waals surface area contributed by atoms with Crippen molar-refractivity contribution in [3.05, 3.63) is 78.6 Å². The first kappa shape index (κ1) is 13.0. The second-order valence-electron chi connectivity index (χ2n) is 4.65. The maximum absolute atomic E-state index is 12.1. The Morgan fingerprint density at radius 1 is 0.952 bits per heavy atom. The predicted octanol–water partition coefficient (Wildman–Crippen LogP) is 3.44. The molecule has 0 saturated carbocycles. The first-order chi connectivity index (χ1) is 10.2. The molecule has 0 aliphatic carbocycles. The molecule has 0 saturated heterocycles. The summed E-state index contributed by atoms with van der Waals surface area (Å²) in [4.78, 5) is 12.1. The lowest BCUT2D eigenvalue weighted by Gasteiger charge is -2.08. The van der Waals surface area contributed by atoms with Gasteiger partial charge in [-0.15, -0.1) is 0 Å². The van der Waals surface area contributed by atoms with Gasteiger partial charge in [-0.25, -0.2) is 0 Å². The molecule has 2 N–H and O–H groups in total. The monoisotopic (exact) mass is 278 g/mol. The normalized spacial score (nSPS) is 10.3. The number of carbonyl (C=O) groups excluding carboxylic acids is 1. The molecule has 104 valence electrons. The smallest absolute Gasteiger partial charge is 0.255 e. The van der Waals surface area contributed by atoms with Crippen LogP contribution in [0.2, 0.25) is 0 Å². The summed E-state index contributed by atoms with van der Waals surface area (Å²) in [7, 11) is 0. The Labute approximate surface area is 122 Å². The van der Waals surface area contributed by atoms with Crippen molar-refractivity contribution in [1.29, 1.82) is 0 Å². The van der Waals surface area contributed by atoms with Gasteiger partial charge in [0.15, 0.2) is 0 Å². The molecule has 0 radical (unpaired) electrons. The molecule has 0 aliphatic heterocycles. The second-order valence-corrected chi connectivity index (χ2v) is 4.65. The Kier molecular flexibility index (Phi) is 3.43. The number of aromatic hydroxyl groups is 1. The van der Waals surface area contributed by atoms with Crippen LogP contribution in [0.1, 0.15) is 10.4 Å². The third kappa shape index (κ3) is 2.95. The lowest BCUT2D eigenvalue weighted by molar-refractivity contribution is 0.102. The van der Waals surface area contributed by atoms with Crippen molar-refractivity contribution in [2.24, 2.45) is 0 Å². The molecule has 4 nitrogen and oxygen atoms in total. The molecular formula is C17H14N2O2. The van der Waals surface area contributed by atoms with E-state index in [-0.39, 0.29) is 11.7 Å². The van der Waals surface area contributed by atoms with Crippen LogP contribution in [-0.2, 0) is 0 Å². The van der Waals surface area contributed by atoms with Crippen LogP contribution in [0.3, 0.4) is 0 Å². The summed E-state index contributed by atoms with van der Waals surface area (Å²) in [6.07, 6.45) is 3.88. The van der Waals surface area contributed by atoms with Gasteiger partial charge in [0.1, 0.15) is 5.75 Å². The second kappa shape index (κ2) is 5.54. The lowest BCUT2D eigenvalue weighted by atomic mass is 10.2. The highest BCUT2D eigenvalue weighted by Gasteiger charge is 2.07. The van der Waals surface area contributed by atoms with E-state index in [4.69, 9.17) is 0 Å². The molecule has 3 rings (SSSR count). The molecule has 1 amide bonds. The summed E-state index contributed by atoms with van der Waals surface area (Å²) in [6, 6.07) is 17.7. The van der Waals surface area contributed by atoms with Gasteiger partial charge in [-0.05, 0) is 48.5 Å². The van der Waals surface area contributed by atoms with E-state index in [2.05, 4.69) is 5.32 Å². The maximum Gasteiger partial charge on any atom is 0.255 e. The molecule has 21 heavy (non-hydrogen) atoms. The van der Waals surface area contributed by atoms with E-state index >= 15 is 0 Å². The molecule has 1 heterocycles. The standard InChI is InChI=1S/C17H14N2O2/c20-16-8-3-5-13(11-16)17(21)18-14-6-4-7-15(12-14)19-9-1-2-10-19/h1-12,20H,(H,18,21). The minimum Gasteiger partial charge on any atom is -0.508 e. The molecule has 3 aromatic rings. The molecule has 0 aliphatic rings. The molecule has 0 unspecified atom stereocenters. The van der Waals surface area contributed by atoms with Crippen LogP contribution in [-0.4, -0.2) is 15.6 Å². The van der Waals surface area contributed by atoms with Crippen LogP contribution in [0.25, 0.3) is 5.69 Å². The average molecular weight is 278 g/mol. The van der Waals surface area contributed by atoms with E-state index in [0.717, 1.165) is 5.69 Å². The number of phenols is 1. The minimum atomic E-state index is -0.254. The van der Waals surface area contributed by atoms with E-state index in [1.807, 2.05) is 53.4 Å². The van der Waals surface area contributed by atoms with E-state index in [1.54, 1.807) is 12.1 Å². The number of benzene rings is 2. The number of phenolic OH excluding ortho intramolecular Hbond substituents is 1. The van der Waals surface area contributed by atoms with Gasteiger partial charge in [0.05, 0.1) is 0 Å². The third-order valence-corrected chi connectivity index (χ3v) is 3.11. The van der Waals surface area contributed by atoms with Crippen molar-refractivity contribution >= 4 is 11.6 Å². The number of hydrogen-bond acceptors (Lipinski definition) is 2. The van der Waals surface area contributed by atoms with E-state index in [0.29, 0.717) is 11.3 Å². The molecule has 0 spiro atoms. The zero-order chi connectivity index (χ0) is 14.7. The van der Waals surface area contributed by atoms with Crippen LogP contribution < -0.4 is 5.32 Å². The summed E-state index contributed by atoms with van der Waals surface area (Å²) in [6.45, 7) is 0. The van der Waals surface area contributed by atoms with Gasteiger partial charge in [0.25, 0.3) is 5.91 Å². The summed E-state index contributed by atoms with van der Waals surface area (Å²) in [5.74, 6) is -0.181. The zero-order valence-electron chi connectivity index (χ0n) is 11.2. The van der Waals surface area contributed by atoms with Crippen molar-refractivity contribution in [2.75, 3.05) is 5.32 Å². The number of rotatable bonds is 3. The molecule has 4 heteroatoms. The predicted molar refractivity (Wildman–Crippen MR) is 81.8 cm³/mol. The molecule has 0 atom stereocenters. The highest BCUT2D eigenvalue weighted by atomic mass is 16.3. The Balaban J connectivity index is 1.82. The van der Waals surface area contributed by atoms with Gasteiger partial charge in [0, 0.05) is 29.3 Å². The zero-order valence-corrected chi connectivity index (χ0v) is 11.2. The third-order valence-electron chi connectivity index (χ3n) is 3.11. The van der Waals surface area contributed by atoms with Crippen LogP contribution in [0.5, 0.6) is 5.75 Å². The fourth-order valence-corrected chi connectivity index (χ4v) is 2.10. The fourth-order valence-electron chi connectivity index (χ4n) is 2.10. The largest absolute Gasteiger partial charge is 0.508 e. The van der Waals surface area contributed by atoms with Gasteiger partial charge in [-0.2, -0.15) is 0 Å². The maximum atomic E-state index is 12.1. The highest BCUT2D eigenvalue weighted by molar-refractivity contribution is 6.04. The first-order valence-corrected chi connectivity index (χ1v) is 6.56. The van der Waals surface area contributed by atoms with Gasteiger partial charge >= 0.3 is 0 Å². The van der Waals surface area contributed by atoms with Gasteiger partial charge < -0.3 is 15.0 Å². The molecular weight excluding hydrogens is 264 g/mol. The Morgan fingerprint density at radius 2 is 1.71 bits per heavy atom. The number of amides is 1. The summed E-state index contributed by atoms with van der Waals surface area (Å²) in [5, 5.41) is 12.2. The minimum absolute atomic E-state index is 0.0729. The van der Waals surface area contributed by atoms with E-state index in [9.17, 15) is 9.90 Å². The SMILES string of the molecule is O=C(Nc1cccc(-n2cccc2)c1)c1cccc(O)c1. The van der Waals surface area contributed by atoms with Gasteiger partial charge in [-0.1, -0.05) is 12.1 Å². The Morgan fingerprint density at radius 3 is 2.48 bits per heavy atom. The number of anilines is 1. The van der Waals surface area contributed by atoms with Gasteiger partial charge in [-0.3, -0.25) is 4.79 Å². The number of nitrogens with zero attached hydrogens (tertiary/aromatic N) is 1. The van der Waals surface area contributed by atoms with E-state index in [1.165, 1.54) is 12.1 Å². The highest BCUT2D eigenvalue weighted by Crippen LogP contribution is 2.17. The van der Waals surface area contributed by atoms with Crippen molar-refractivity contribution < 1.29 is 9.90 Å². The topological polar surface area (TPSA) is 54.3 Å². The molecule has 1 aromatic heterocycles. The molecule has 0 bridgehead atoms. The number of aromatic nitrogens is 1. The lowest BCUT2D eigenvalue weighted by Crippen LogP contribution is -2.11. The van der Waals surface area contributed by atoms with Crippen LogP contribution in [0.4, 0.5) is 5.69 Å². The summed E-state index contributed by atoms with van der Waals surface area (Å²) >= 11 is 0. The number of nitrogens with one attached hydrogen (secondary N) is 1. The molecule has 0 fully saturated rings. The quantitative estimate of drug-likeness (QED) is 0.771. The molecule has 2 aromatic carbocycles. The number of carbonyl (C=O) groups is 1. The van der Waals surface area contributed by atoms with Crippen molar-refractivity contribution in [3.63, 3.8) is 0 Å². The average Bonchev–Trinajstić information content (AvgIpc) is 3.02. The van der Waals surface area contributed by atoms with Crippen LogP contribution >= 0.6 is 0 Å². The van der Waals surface area contributed by atoms with Crippen LogP contribution in [0.15, 0.2) is 73.1 Å². The first-order valence-electron chi connectivity index (χ1n) is 6.56. The fraction of sp³-hybridized carbons (Fsp3) is 0. The van der Waals surface area contributed by atoms with Gasteiger partial charge in [0.2, 0.25) is 0 Å². The Bertz CT molecular complexity index is 764. The Hall–Kier alpha value is -3.01. The van der Waals surface area contributed by atoms with Crippen molar-refractivity contribution in [2.45, 2.75) is 0 Å². The summed E-state index contributed by atoms with van der Waals surface area (Å²) in [5.41, 5.74) is 2.09. The number of hydrogen-bond donors (Lipinski definition) is 2. The van der Waals surface area contributed by atoms with Crippen molar-refractivity contribution in [3.8, 4) is 11.4 Å². The van der Waals surface area contributed by atoms with Crippen LogP contribution in [0, 0.1) is 0 Å². The van der Waals surface area contributed by atoms with Crippen molar-refractivity contribution in [1.82, 2.24) is 4.57 Å². The summed E-state index contributed by atoms with van der Waals surface area (Å²) < 4.78 is 1.96. The van der Waals surface area contributed by atoms with E-state index < -0.39 is 0 Å².